The average molecular weight is 270 g/mol. The Morgan fingerprint density at radius 2 is 1.85 bits per heavy atom. The van der Waals surface area contributed by atoms with Crippen LogP contribution in [0.5, 0.6) is 0 Å². The summed E-state index contributed by atoms with van der Waals surface area (Å²) in [4.78, 5) is 12.7. The van der Waals surface area contributed by atoms with Crippen molar-refractivity contribution >= 4 is 5.78 Å². The van der Waals surface area contributed by atoms with Gasteiger partial charge in [-0.15, -0.1) is 0 Å². The van der Waals surface area contributed by atoms with Gasteiger partial charge in [0.15, 0.2) is 0 Å². The Labute approximate surface area is 120 Å². The van der Waals surface area contributed by atoms with E-state index < -0.39 is 5.60 Å². The minimum Gasteiger partial charge on any atom is -0.389 e. The quantitative estimate of drug-likeness (QED) is 0.850. The van der Waals surface area contributed by atoms with Crippen LogP contribution in [0.4, 0.5) is 0 Å². The normalized spacial score (nSPS) is 43.4. The fourth-order valence-corrected chi connectivity index (χ4v) is 5.29. The van der Waals surface area contributed by atoms with Crippen LogP contribution < -0.4 is 0 Å². The zero-order chi connectivity index (χ0) is 13.7. The Bertz CT molecular complexity index is 523. The number of hydrogen-bond donors (Lipinski definition) is 1. The van der Waals surface area contributed by atoms with E-state index >= 15 is 0 Å². The van der Waals surface area contributed by atoms with E-state index in [9.17, 15) is 9.90 Å². The van der Waals surface area contributed by atoms with Crippen LogP contribution in [-0.2, 0) is 4.79 Å². The fourth-order valence-electron chi connectivity index (χ4n) is 5.29. The van der Waals surface area contributed by atoms with E-state index in [0.717, 1.165) is 32.1 Å². The molecule has 0 heterocycles. The first-order valence-electron chi connectivity index (χ1n) is 8.03. The van der Waals surface area contributed by atoms with Gasteiger partial charge in [0.1, 0.15) is 5.78 Å². The molecule has 3 saturated carbocycles. The van der Waals surface area contributed by atoms with Crippen molar-refractivity contribution < 1.29 is 9.90 Å². The highest BCUT2D eigenvalue weighted by molar-refractivity contribution is 5.89. The van der Waals surface area contributed by atoms with Crippen LogP contribution in [0.1, 0.15) is 50.0 Å². The molecule has 3 fully saturated rings. The minimum atomic E-state index is -0.719. The summed E-state index contributed by atoms with van der Waals surface area (Å²) in [5, 5.41) is 11.3. The summed E-state index contributed by atoms with van der Waals surface area (Å²) in [5.74, 6) is 0.963. The van der Waals surface area contributed by atoms with E-state index in [0.29, 0.717) is 5.78 Å². The third-order valence-electron chi connectivity index (χ3n) is 6.11. The number of aliphatic hydroxyl groups is 1. The lowest BCUT2D eigenvalue weighted by atomic mass is 9.56. The van der Waals surface area contributed by atoms with E-state index in [2.05, 4.69) is 24.3 Å². The largest absolute Gasteiger partial charge is 0.389 e. The van der Waals surface area contributed by atoms with Crippen molar-refractivity contribution in [3.63, 3.8) is 0 Å². The number of ketones is 1. The molecule has 2 bridgehead atoms. The number of fused-ring (bicyclic) bond motifs is 4. The molecule has 3 aliphatic rings. The molecule has 106 valence electrons. The Kier molecular flexibility index (Phi) is 2.78. The van der Waals surface area contributed by atoms with E-state index in [4.69, 9.17) is 0 Å². The molecule has 1 N–H and O–H groups in total. The highest BCUT2D eigenvalue weighted by atomic mass is 16.3. The number of rotatable bonds is 1. The molecule has 0 radical (unpaired) electrons. The molecule has 3 aliphatic carbocycles. The predicted octanol–water partition coefficient (Wildman–Crippen LogP) is 3.30. The summed E-state index contributed by atoms with van der Waals surface area (Å²) in [6, 6.07) is 10.4. The molecule has 2 heteroatoms. The highest BCUT2D eigenvalue weighted by Gasteiger charge is 2.61. The van der Waals surface area contributed by atoms with Crippen molar-refractivity contribution in [3.8, 4) is 0 Å². The number of carbonyl (C=O) groups excluding carboxylic acids is 1. The molecule has 4 rings (SSSR count). The van der Waals surface area contributed by atoms with Gasteiger partial charge >= 0.3 is 0 Å². The monoisotopic (exact) mass is 270 g/mol. The van der Waals surface area contributed by atoms with Crippen molar-refractivity contribution in [1.82, 2.24) is 0 Å². The molecule has 0 aliphatic heterocycles. The van der Waals surface area contributed by atoms with Gasteiger partial charge in [0.05, 0.1) is 5.60 Å². The van der Waals surface area contributed by atoms with Crippen LogP contribution in [-0.4, -0.2) is 16.5 Å². The van der Waals surface area contributed by atoms with Gasteiger partial charge < -0.3 is 5.11 Å². The van der Waals surface area contributed by atoms with Gasteiger partial charge in [-0.05, 0) is 43.1 Å². The summed E-state index contributed by atoms with van der Waals surface area (Å²) < 4.78 is 0. The molecule has 2 nitrogen and oxygen atoms in total. The minimum absolute atomic E-state index is 0.0715. The maximum atomic E-state index is 12.7. The summed E-state index contributed by atoms with van der Waals surface area (Å²) in [5.41, 5.74) is 0.541. The zero-order valence-corrected chi connectivity index (χ0v) is 11.8. The van der Waals surface area contributed by atoms with E-state index in [1.807, 2.05) is 6.07 Å². The van der Waals surface area contributed by atoms with Gasteiger partial charge in [-0.25, -0.2) is 0 Å². The van der Waals surface area contributed by atoms with Crippen LogP contribution in [0.25, 0.3) is 0 Å². The standard InChI is InChI=1S/C18H22O2/c19-17-13-9-10-15(17)18(20)11-5-4-8-14(18)16(13)12-6-2-1-3-7-12/h1-3,6-7,13-16,20H,4-5,8-11H2/t13-,14-,15+,16+,18-/m1/s1. The van der Waals surface area contributed by atoms with Crippen molar-refractivity contribution in [3.05, 3.63) is 35.9 Å². The highest BCUT2D eigenvalue weighted by Crippen LogP contribution is 2.59. The average Bonchev–Trinajstić information content (AvgIpc) is 2.78. The maximum absolute atomic E-state index is 12.7. The predicted molar refractivity (Wildman–Crippen MR) is 77.3 cm³/mol. The van der Waals surface area contributed by atoms with E-state index in [1.54, 1.807) is 0 Å². The molecular weight excluding hydrogens is 248 g/mol. The van der Waals surface area contributed by atoms with Gasteiger partial charge in [-0.1, -0.05) is 43.2 Å². The van der Waals surface area contributed by atoms with Gasteiger partial charge in [-0.2, -0.15) is 0 Å². The smallest absolute Gasteiger partial charge is 0.142 e. The first-order valence-corrected chi connectivity index (χ1v) is 8.03. The van der Waals surface area contributed by atoms with Crippen LogP contribution in [0, 0.1) is 17.8 Å². The Balaban J connectivity index is 1.82. The SMILES string of the molecule is O=C1[C@@H]2CC[C@@H]1[C@@]1(O)CCCC[C@@H]1[C@H]2c1ccccc1. The third-order valence-corrected chi connectivity index (χ3v) is 6.11. The molecule has 0 spiro atoms. The summed E-state index contributed by atoms with van der Waals surface area (Å²) in [6.45, 7) is 0. The molecule has 1 aromatic rings. The second-order valence-electron chi connectivity index (χ2n) is 6.92. The molecule has 1 aromatic carbocycles. The van der Waals surface area contributed by atoms with Gasteiger partial charge in [0.25, 0.3) is 0 Å². The number of carbonyl (C=O) groups is 1. The van der Waals surface area contributed by atoms with Crippen LogP contribution in [0.2, 0.25) is 0 Å². The Morgan fingerprint density at radius 1 is 1.05 bits per heavy atom. The second-order valence-corrected chi connectivity index (χ2v) is 6.92. The lowest BCUT2D eigenvalue weighted by Crippen LogP contribution is -2.56. The lowest BCUT2D eigenvalue weighted by molar-refractivity contribution is -0.156. The van der Waals surface area contributed by atoms with Crippen LogP contribution >= 0.6 is 0 Å². The van der Waals surface area contributed by atoms with Crippen LogP contribution in [0.15, 0.2) is 30.3 Å². The molecule has 20 heavy (non-hydrogen) atoms. The van der Waals surface area contributed by atoms with Crippen molar-refractivity contribution in [1.29, 1.82) is 0 Å². The summed E-state index contributed by atoms with van der Waals surface area (Å²) in [7, 11) is 0. The summed E-state index contributed by atoms with van der Waals surface area (Å²) in [6.07, 6.45) is 6.05. The fraction of sp³-hybridized carbons (Fsp3) is 0.611. The topological polar surface area (TPSA) is 37.3 Å². The number of Topliss-reactive ketones (excluding diaryl/α,β-unsaturated/α-hetero) is 1. The molecular formula is C18H22O2. The van der Waals surface area contributed by atoms with E-state index in [-0.39, 0.29) is 23.7 Å². The first-order chi connectivity index (χ1) is 9.72. The lowest BCUT2D eigenvalue weighted by Gasteiger charge is -2.51. The molecule has 0 amide bonds. The molecule has 5 atom stereocenters. The van der Waals surface area contributed by atoms with Gasteiger partial charge in [-0.3, -0.25) is 4.79 Å². The Morgan fingerprint density at radius 3 is 2.65 bits per heavy atom. The van der Waals surface area contributed by atoms with Gasteiger partial charge in [0, 0.05) is 11.8 Å². The first kappa shape index (κ1) is 12.6. The van der Waals surface area contributed by atoms with Gasteiger partial charge in [0.2, 0.25) is 0 Å². The molecule has 0 unspecified atom stereocenters. The number of benzene rings is 1. The maximum Gasteiger partial charge on any atom is 0.142 e. The van der Waals surface area contributed by atoms with E-state index in [1.165, 1.54) is 12.0 Å². The molecule has 0 aromatic heterocycles. The summed E-state index contributed by atoms with van der Waals surface area (Å²) >= 11 is 0. The number of hydrogen-bond acceptors (Lipinski definition) is 2. The second kappa shape index (κ2) is 4.42. The van der Waals surface area contributed by atoms with Crippen LogP contribution in [0.3, 0.4) is 0 Å². The zero-order valence-electron chi connectivity index (χ0n) is 11.8. The van der Waals surface area contributed by atoms with Crippen molar-refractivity contribution in [2.45, 2.75) is 50.0 Å². The van der Waals surface area contributed by atoms with Crippen molar-refractivity contribution in [2.75, 3.05) is 0 Å². The third kappa shape index (κ3) is 1.57. The molecule has 0 saturated heterocycles. The Hall–Kier alpha value is -1.15. The van der Waals surface area contributed by atoms with Crippen molar-refractivity contribution in [2.24, 2.45) is 17.8 Å².